The lowest BCUT2D eigenvalue weighted by molar-refractivity contribution is -0.150. The molecular weight excluding hydrogens is 382 g/mol. The lowest BCUT2D eigenvalue weighted by Gasteiger charge is -2.33. The van der Waals surface area contributed by atoms with E-state index in [0.717, 1.165) is 57.8 Å². The van der Waals surface area contributed by atoms with Crippen molar-refractivity contribution in [2.45, 2.75) is 103 Å². The van der Waals surface area contributed by atoms with Gasteiger partial charge in [-0.15, -0.1) is 0 Å². The number of hydrogen-bond acceptors (Lipinski definition) is 4. The Kier molecular flexibility index (Phi) is 13.5. The van der Waals surface area contributed by atoms with Crippen molar-refractivity contribution in [3.05, 3.63) is 0 Å². The predicted molar refractivity (Wildman–Crippen MR) is 100 cm³/mol. The molecule has 0 amide bonds. The summed E-state index contributed by atoms with van der Waals surface area (Å²) in [5, 5.41) is 0. The average Bonchev–Trinajstić information content (AvgIpc) is 2.47. The predicted octanol–water partition coefficient (Wildman–Crippen LogP) is 5.01. The molecule has 4 N–H and O–H groups in total. The highest BCUT2D eigenvalue weighted by Crippen LogP contribution is 2.52. The molecule has 0 atom stereocenters. The van der Waals surface area contributed by atoms with Gasteiger partial charge in [-0.05, 0) is 12.8 Å². The van der Waals surface area contributed by atoms with Crippen LogP contribution in [0.3, 0.4) is 0 Å². The molecule has 0 heterocycles. The highest BCUT2D eigenvalue weighted by atomic mass is 31.2. The van der Waals surface area contributed by atoms with Crippen molar-refractivity contribution in [1.29, 1.82) is 0 Å². The molecule has 0 bridgehead atoms. The first-order valence-corrected chi connectivity index (χ1v) is 12.6. The van der Waals surface area contributed by atoms with Crippen molar-refractivity contribution in [1.82, 2.24) is 0 Å². The molecule has 0 aliphatic rings. The van der Waals surface area contributed by atoms with E-state index in [9.17, 15) is 28.7 Å². The lowest BCUT2D eigenvalue weighted by Crippen LogP contribution is -2.34. The molecule has 0 radical (unpaired) electrons. The van der Waals surface area contributed by atoms with Crippen LogP contribution in [0.4, 0.5) is 0 Å². The van der Waals surface area contributed by atoms with Gasteiger partial charge in [0, 0.05) is 12.8 Å². The van der Waals surface area contributed by atoms with Crippen molar-refractivity contribution in [2.75, 3.05) is 0 Å². The fourth-order valence-electron chi connectivity index (χ4n) is 2.93. The highest BCUT2D eigenvalue weighted by molar-refractivity contribution is 7.47. The summed E-state index contributed by atoms with van der Waals surface area (Å²) in [7, 11) is -9.94. The van der Waals surface area contributed by atoms with Crippen LogP contribution in [-0.4, -0.2) is 25.4 Å². The SMILES string of the molecule is CCCCCCCCC(CCCCCCC)(OP(=O)(O)O)OP(=O)(O)O. The maximum absolute atomic E-state index is 11.4. The minimum absolute atomic E-state index is 0.0297. The molecule has 0 aliphatic carbocycles. The molecule has 0 aromatic heterocycles. The van der Waals surface area contributed by atoms with Crippen LogP contribution in [0, 0.1) is 0 Å². The van der Waals surface area contributed by atoms with Gasteiger partial charge in [0.05, 0.1) is 0 Å². The van der Waals surface area contributed by atoms with E-state index < -0.39 is 21.4 Å². The summed E-state index contributed by atoms with van der Waals surface area (Å²) in [5.74, 6) is -1.96. The second kappa shape index (κ2) is 13.4. The van der Waals surface area contributed by atoms with Crippen molar-refractivity contribution in [2.24, 2.45) is 0 Å². The highest BCUT2D eigenvalue weighted by Gasteiger charge is 2.43. The Morgan fingerprint density at radius 2 is 0.923 bits per heavy atom. The Hall–Kier alpha value is 0.220. The number of rotatable bonds is 17. The smallest absolute Gasteiger partial charge is 0.303 e. The molecule has 0 spiro atoms. The van der Waals surface area contributed by atoms with E-state index in [4.69, 9.17) is 9.05 Å². The summed E-state index contributed by atoms with van der Waals surface area (Å²) in [4.78, 5) is 36.9. The Morgan fingerprint density at radius 3 is 1.23 bits per heavy atom. The first-order chi connectivity index (χ1) is 12.0. The summed E-state index contributed by atoms with van der Waals surface area (Å²) < 4.78 is 32.3. The normalized spacial score (nSPS) is 13.3. The molecule has 0 aliphatic heterocycles. The van der Waals surface area contributed by atoms with Crippen molar-refractivity contribution >= 4 is 15.6 Å². The Balaban J connectivity index is 4.94. The van der Waals surface area contributed by atoms with E-state index in [0.29, 0.717) is 12.8 Å². The first-order valence-electron chi connectivity index (χ1n) is 9.56. The number of phosphoric acid groups is 2. The van der Waals surface area contributed by atoms with Gasteiger partial charge in [0.25, 0.3) is 0 Å². The van der Waals surface area contributed by atoms with E-state index >= 15 is 0 Å². The molecule has 10 heteroatoms. The third-order valence-electron chi connectivity index (χ3n) is 4.14. The number of phosphoric ester groups is 2. The van der Waals surface area contributed by atoms with Gasteiger partial charge in [-0.25, -0.2) is 9.13 Å². The van der Waals surface area contributed by atoms with Crippen LogP contribution >= 0.6 is 15.6 Å². The zero-order chi connectivity index (χ0) is 20.1. The van der Waals surface area contributed by atoms with E-state index in [1.165, 1.54) is 0 Å². The van der Waals surface area contributed by atoms with Crippen LogP contribution in [0.25, 0.3) is 0 Å². The van der Waals surface area contributed by atoms with Gasteiger partial charge in [0.1, 0.15) is 0 Å². The average molecular weight is 418 g/mol. The first kappa shape index (κ1) is 26.2. The third kappa shape index (κ3) is 15.3. The van der Waals surface area contributed by atoms with Crippen LogP contribution in [0.5, 0.6) is 0 Å². The molecule has 0 rings (SSSR count). The van der Waals surface area contributed by atoms with Crippen LogP contribution < -0.4 is 0 Å². The van der Waals surface area contributed by atoms with Gasteiger partial charge in [-0.2, -0.15) is 0 Å². The molecule has 158 valence electrons. The number of hydrogen-bond donors (Lipinski definition) is 4. The standard InChI is InChI=1S/C16H36O8P2/c1-3-5-7-9-11-13-15-16(23-25(17,18)19,24-26(20,21)22)14-12-10-8-6-4-2/h3-15H2,1-2H3,(H2,17,18,19)(H2,20,21,22). The van der Waals surface area contributed by atoms with Crippen LogP contribution in [-0.2, 0) is 18.2 Å². The summed E-state index contributed by atoms with van der Waals surface area (Å²) >= 11 is 0. The van der Waals surface area contributed by atoms with Crippen molar-refractivity contribution < 1.29 is 37.8 Å². The second-order valence-corrected chi connectivity index (χ2v) is 9.08. The maximum atomic E-state index is 11.4. The van der Waals surface area contributed by atoms with Gasteiger partial charge in [-0.1, -0.05) is 71.6 Å². The molecular formula is C16H36O8P2. The summed E-state index contributed by atoms with van der Waals surface area (Å²) in [6.07, 6.45) is 9.88. The zero-order valence-corrected chi connectivity index (χ0v) is 17.8. The van der Waals surface area contributed by atoms with Crippen molar-refractivity contribution in [3.8, 4) is 0 Å². The summed E-state index contributed by atoms with van der Waals surface area (Å²) in [5.41, 5.74) is 0. The van der Waals surface area contributed by atoms with Gasteiger partial charge in [-0.3, -0.25) is 9.05 Å². The Bertz CT molecular complexity index is 422. The van der Waals surface area contributed by atoms with Gasteiger partial charge >= 0.3 is 15.6 Å². The van der Waals surface area contributed by atoms with Crippen molar-refractivity contribution in [3.63, 3.8) is 0 Å². The van der Waals surface area contributed by atoms with Gasteiger partial charge in [0.2, 0.25) is 0 Å². The molecule has 26 heavy (non-hydrogen) atoms. The zero-order valence-electron chi connectivity index (χ0n) is 16.0. The fraction of sp³-hybridized carbons (Fsp3) is 1.00. The monoisotopic (exact) mass is 418 g/mol. The van der Waals surface area contributed by atoms with E-state index in [1.54, 1.807) is 0 Å². The third-order valence-corrected chi connectivity index (χ3v) is 5.28. The quantitative estimate of drug-likeness (QED) is 0.147. The Morgan fingerprint density at radius 1 is 0.615 bits per heavy atom. The molecule has 0 saturated heterocycles. The minimum atomic E-state index is -4.97. The molecule has 0 unspecified atom stereocenters. The molecule has 0 aromatic rings. The fourth-order valence-corrected chi connectivity index (χ4v) is 4.30. The lowest BCUT2D eigenvalue weighted by atomic mass is 9.99. The molecule has 0 saturated carbocycles. The van der Waals surface area contributed by atoms with Crippen LogP contribution in [0.2, 0.25) is 0 Å². The van der Waals surface area contributed by atoms with E-state index in [2.05, 4.69) is 13.8 Å². The number of unbranched alkanes of at least 4 members (excludes halogenated alkanes) is 9. The Labute approximate surface area is 157 Å². The topological polar surface area (TPSA) is 134 Å². The molecule has 0 fully saturated rings. The summed E-state index contributed by atoms with van der Waals surface area (Å²) in [6, 6.07) is 0. The van der Waals surface area contributed by atoms with E-state index in [1.807, 2.05) is 0 Å². The minimum Gasteiger partial charge on any atom is -0.303 e. The maximum Gasteiger partial charge on any atom is 0.472 e. The van der Waals surface area contributed by atoms with Crippen LogP contribution in [0.1, 0.15) is 97.3 Å². The largest absolute Gasteiger partial charge is 0.472 e. The van der Waals surface area contributed by atoms with Gasteiger partial charge in [0.15, 0.2) is 5.79 Å². The molecule has 8 nitrogen and oxygen atoms in total. The van der Waals surface area contributed by atoms with E-state index in [-0.39, 0.29) is 12.8 Å². The van der Waals surface area contributed by atoms with Gasteiger partial charge < -0.3 is 19.6 Å². The summed E-state index contributed by atoms with van der Waals surface area (Å²) in [6.45, 7) is 4.17. The second-order valence-electron chi connectivity index (χ2n) is 6.76. The van der Waals surface area contributed by atoms with Crippen LogP contribution in [0.15, 0.2) is 0 Å². The molecule has 0 aromatic carbocycles.